The third-order valence-corrected chi connectivity index (χ3v) is 3.45. The summed E-state index contributed by atoms with van der Waals surface area (Å²) >= 11 is 8.99. The molecule has 0 fully saturated rings. The molecule has 0 spiro atoms. The van der Waals surface area contributed by atoms with Crippen molar-refractivity contribution >= 4 is 33.3 Å². The van der Waals surface area contributed by atoms with Crippen molar-refractivity contribution in [3.8, 4) is 5.75 Å². The van der Waals surface area contributed by atoms with Crippen LogP contribution in [0.5, 0.6) is 5.75 Å². The van der Waals surface area contributed by atoms with E-state index in [1.807, 2.05) is 0 Å². The van der Waals surface area contributed by atoms with Crippen molar-refractivity contribution in [1.29, 1.82) is 0 Å². The van der Waals surface area contributed by atoms with Gasteiger partial charge in [-0.1, -0.05) is 33.6 Å². The third-order valence-electron chi connectivity index (χ3n) is 2.72. The zero-order valence-electron chi connectivity index (χ0n) is 10.6. The number of rotatable bonds is 4. The van der Waals surface area contributed by atoms with Crippen LogP contribution in [0.2, 0.25) is 5.02 Å². The second kappa shape index (κ2) is 6.37. The van der Waals surface area contributed by atoms with Crippen LogP contribution in [-0.2, 0) is 6.61 Å². The molecule has 0 aliphatic carbocycles. The Morgan fingerprint density at radius 1 is 1.30 bits per heavy atom. The molecule has 0 aromatic heterocycles. The van der Waals surface area contributed by atoms with Gasteiger partial charge < -0.3 is 4.74 Å². The van der Waals surface area contributed by atoms with E-state index < -0.39 is 5.82 Å². The zero-order valence-corrected chi connectivity index (χ0v) is 13.0. The van der Waals surface area contributed by atoms with E-state index in [1.54, 1.807) is 30.3 Å². The maximum absolute atomic E-state index is 13.6. The summed E-state index contributed by atoms with van der Waals surface area (Å²) in [4.78, 5) is 11.5. The van der Waals surface area contributed by atoms with Crippen molar-refractivity contribution in [3.05, 3.63) is 62.8 Å². The molecule has 0 heterocycles. The second-order valence-electron chi connectivity index (χ2n) is 4.22. The largest absolute Gasteiger partial charge is 0.488 e. The molecule has 2 aromatic carbocycles. The molecule has 0 unspecified atom stereocenters. The van der Waals surface area contributed by atoms with Gasteiger partial charge in [-0.2, -0.15) is 0 Å². The molecule has 5 heteroatoms. The van der Waals surface area contributed by atoms with Gasteiger partial charge in [0.05, 0.1) is 5.56 Å². The molecule has 20 heavy (non-hydrogen) atoms. The van der Waals surface area contributed by atoms with Gasteiger partial charge in [0.1, 0.15) is 18.2 Å². The van der Waals surface area contributed by atoms with Crippen LogP contribution in [0.4, 0.5) is 4.39 Å². The molecule has 0 atom stereocenters. The van der Waals surface area contributed by atoms with Crippen molar-refractivity contribution < 1.29 is 13.9 Å². The van der Waals surface area contributed by atoms with E-state index in [0.29, 0.717) is 21.9 Å². The summed E-state index contributed by atoms with van der Waals surface area (Å²) < 4.78 is 20.0. The number of benzene rings is 2. The number of ketones is 1. The van der Waals surface area contributed by atoms with Crippen LogP contribution >= 0.6 is 27.5 Å². The van der Waals surface area contributed by atoms with Gasteiger partial charge in [-0.25, -0.2) is 4.39 Å². The average molecular weight is 358 g/mol. The second-order valence-corrected chi connectivity index (χ2v) is 5.57. The quantitative estimate of drug-likeness (QED) is 0.718. The maximum Gasteiger partial charge on any atom is 0.163 e. The van der Waals surface area contributed by atoms with Gasteiger partial charge >= 0.3 is 0 Å². The predicted molar refractivity (Wildman–Crippen MR) is 79.9 cm³/mol. The summed E-state index contributed by atoms with van der Waals surface area (Å²) in [5.41, 5.74) is 0.834. The molecule has 0 saturated carbocycles. The van der Waals surface area contributed by atoms with Gasteiger partial charge in [-0.15, -0.1) is 0 Å². The molecule has 2 aromatic rings. The van der Waals surface area contributed by atoms with Crippen molar-refractivity contribution in [2.24, 2.45) is 0 Å². The van der Waals surface area contributed by atoms with Crippen LogP contribution in [0.25, 0.3) is 0 Å². The highest BCUT2D eigenvalue weighted by molar-refractivity contribution is 9.10. The summed E-state index contributed by atoms with van der Waals surface area (Å²) in [6.45, 7) is 1.49. The van der Waals surface area contributed by atoms with Gasteiger partial charge in [-0.05, 0) is 37.3 Å². The fourth-order valence-electron chi connectivity index (χ4n) is 1.70. The van der Waals surface area contributed by atoms with Gasteiger partial charge in [0, 0.05) is 15.1 Å². The van der Waals surface area contributed by atoms with Crippen LogP contribution in [0.3, 0.4) is 0 Å². The van der Waals surface area contributed by atoms with E-state index in [4.69, 9.17) is 16.3 Å². The summed E-state index contributed by atoms with van der Waals surface area (Å²) in [6.07, 6.45) is 0. The molecule has 2 nitrogen and oxygen atoms in total. The standard InChI is InChI=1S/C15H11BrClFO2/c1-9(19)13-6-11(16)3-5-15(13)20-8-10-2-4-12(17)7-14(10)18/h2-7H,8H2,1H3. The molecule has 2 rings (SSSR count). The molecule has 0 N–H and O–H groups in total. The van der Waals surface area contributed by atoms with Crippen LogP contribution in [0, 0.1) is 5.82 Å². The van der Waals surface area contributed by atoms with Crippen molar-refractivity contribution in [2.45, 2.75) is 13.5 Å². The molecular formula is C15H11BrClFO2. The first-order valence-electron chi connectivity index (χ1n) is 5.84. The molecule has 0 radical (unpaired) electrons. The molecule has 0 aliphatic rings. The lowest BCUT2D eigenvalue weighted by Gasteiger charge is -2.11. The summed E-state index contributed by atoms with van der Waals surface area (Å²) in [7, 11) is 0. The number of halogens is 3. The van der Waals surface area contributed by atoms with Crippen LogP contribution in [0.1, 0.15) is 22.8 Å². The number of carbonyl (C=O) groups is 1. The Kier molecular flexibility index (Phi) is 4.78. The Morgan fingerprint density at radius 3 is 2.70 bits per heavy atom. The highest BCUT2D eigenvalue weighted by Crippen LogP contribution is 2.25. The monoisotopic (exact) mass is 356 g/mol. The first-order chi connectivity index (χ1) is 9.47. The van der Waals surface area contributed by atoms with Crippen molar-refractivity contribution in [3.63, 3.8) is 0 Å². The maximum atomic E-state index is 13.6. The third kappa shape index (κ3) is 3.58. The van der Waals surface area contributed by atoms with Crippen LogP contribution < -0.4 is 4.74 Å². The molecule has 0 amide bonds. The van der Waals surface area contributed by atoms with E-state index in [0.717, 1.165) is 4.47 Å². The van der Waals surface area contributed by atoms with E-state index in [9.17, 15) is 9.18 Å². The van der Waals surface area contributed by atoms with E-state index in [-0.39, 0.29) is 12.4 Å². The molecule has 0 saturated heterocycles. The van der Waals surface area contributed by atoms with Crippen molar-refractivity contribution in [2.75, 3.05) is 0 Å². The fraction of sp³-hybridized carbons (Fsp3) is 0.133. The first kappa shape index (κ1) is 15.0. The highest BCUT2D eigenvalue weighted by atomic mass is 79.9. The topological polar surface area (TPSA) is 26.3 Å². The van der Waals surface area contributed by atoms with Gasteiger partial charge in [-0.3, -0.25) is 4.79 Å². The van der Waals surface area contributed by atoms with Crippen LogP contribution in [0.15, 0.2) is 40.9 Å². The van der Waals surface area contributed by atoms with Gasteiger partial charge in [0.25, 0.3) is 0 Å². The lowest BCUT2D eigenvalue weighted by molar-refractivity contribution is 0.101. The zero-order chi connectivity index (χ0) is 14.7. The Labute approximate surface area is 129 Å². The highest BCUT2D eigenvalue weighted by Gasteiger charge is 2.10. The van der Waals surface area contributed by atoms with Crippen molar-refractivity contribution in [1.82, 2.24) is 0 Å². The Morgan fingerprint density at radius 2 is 2.05 bits per heavy atom. The first-order valence-corrected chi connectivity index (χ1v) is 7.01. The molecule has 104 valence electrons. The van der Waals surface area contributed by atoms with E-state index in [1.165, 1.54) is 13.0 Å². The van der Waals surface area contributed by atoms with E-state index >= 15 is 0 Å². The minimum atomic E-state index is -0.431. The Hall–Kier alpha value is -1.39. The fourth-order valence-corrected chi connectivity index (χ4v) is 2.22. The van der Waals surface area contributed by atoms with Gasteiger partial charge in [0.15, 0.2) is 5.78 Å². The lowest BCUT2D eigenvalue weighted by Crippen LogP contribution is -2.03. The molecular weight excluding hydrogens is 347 g/mol. The van der Waals surface area contributed by atoms with Crippen LogP contribution in [-0.4, -0.2) is 5.78 Å². The number of Topliss-reactive ketones (excluding diaryl/α,β-unsaturated/α-hetero) is 1. The van der Waals surface area contributed by atoms with E-state index in [2.05, 4.69) is 15.9 Å². The molecule has 0 aliphatic heterocycles. The molecule has 0 bridgehead atoms. The minimum absolute atomic E-state index is 0.0327. The Bertz CT molecular complexity index is 658. The number of hydrogen-bond acceptors (Lipinski definition) is 2. The predicted octanol–water partition coefficient (Wildman–Crippen LogP) is 5.02. The lowest BCUT2D eigenvalue weighted by atomic mass is 10.1. The summed E-state index contributed by atoms with van der Waals surface area (Å²) in [6, 6.07) is 9.50. The normalized spacial score (nSPS) is 10.4. The summed E-state index contributed by atoms with van der Waals surface area (Å²) in [5.74, 6) is -0.119. The number of hydrogen-bond donors (Lipinski definition) is 0. The SMILES string of the molecule is CC(=O)c1cc(Br)ccc1OCc1ccc(Cl)cc1F. The average Bonchev–Trinajstić information content (AvgIpc) is 2.38. The Balaban J connectivity index is 2.20. The smallest absolute Gasteiger partial charge is 0.163 e. The number of ether oxygens (including phenoxy) is 1. The number of carbonyl (C=O) groups excluding carboxylic acids is 1. The van der Waals surface area contributed by atoms with Gasteiger partial charge in [0.2, 0.25) is 0 Å². The summed E-state index contributed by atoms with van der Waals surface area (Å²) in [5, 5.41) is 0.333. The minimum Gasteiger partial charge on any atom is -0.488 e.